The molecule has 1 rings (SSSR count). The summed E-state index contributed by atoms with van der Waals surface area (Å²) in [5, 5.41) is 18.1. The van der Waals surface area contributed by atoms with Gasteiger partial charge in [-0.2, -0.15) is 0 Å². The van der Waals surface area contributed by atoms with Gasteiger partial charge < -0.3 is 0 Å². The van der Waals surface area contributed by atoms with Gasteiger partial charge in [0.15, 0.2) is 0 Å². The number of unbranched alkanes of at least 4 members (excludes halogenated alkanes) is 2. The zero-order valence-electron chi connectivity index (χ0n) is 16.2. The molecule has 0 saturated carbocycles. The molecule has 4 nitrogen and oxygen atoms in total. The molecule has 142 valence electrons. The molecule has 0 aliphatic carbocycles. The molecule has 0 saturated heterocycles. The zero-order chi connectivity index (χ0) is 19.4. The van der Waals surface area contributed by atoms with Gasteiger partial charge >= 0.3 is 169 Å². The average molecular weight is 500 g/mol. The minimum absolute atomic E-state index is 0.407. The summed E-state index contributed by atoms with van der Waals surface area (Å²) < 4.78 is 2.15. The summed E-state index contributed by atoms with van der Waals surface area (Å²) in [6, 6.07) is 10.2. The van der Waals surface area contributed by atoms with Crippen molar-refractivity contribution in [3.63, 3.8) is 0 Å². The summed E-state index contributed by atoms with van der Waals surface area (Å²) in [6.45, 7) is 4.36. The van der Waals surface area contributed by atoms with Crippen molar-refractivity contribution in [3.05, 3.63) is 29.8 Å². The molecule has 0 N–H and O–H groups in total. The van der Waals surface area contributed by atoms with Crippen LogP contribution in [0.1, 0.15) is 45.1 Å². The van der Waals surface area contributed by atoms with Gasteiger partial charge in [0.2, 0.25) is 0 Å². The molecule has 0 radical (unpaired) electrons. The molecule has 1 aromatic rings. The van der Waals surface area contributed by atoms with Crippen LogP contribution in [0.3, 0.4) is 0 Å². The van der Waals surface area contributed by atoms with Crippen LogP contribution < -0.4 is 4.90 Å². The van der Waals surface area contributed by atoms with Crippen molar-refractivity contribution in [1.29, 1.82) is 5.26 Å². The van der Waals surface area contributed by atoms with E-state index in [1.165, 1.54) is 0 Å². The SMILES string of the molecule is CCC[CH2][Sn]([Cl])([CH2]CCC)[S]C(C#N)=NN=Cc1ccc(N(C)C)cc1. The van der Waals surface area contributed by atoms with Crippen molar-refractivity contribution in [2.75, 3.05) is 19.0 Å². The molecule has 1 aromatic carbocycles. The predicted octanol–water partition coefficient (Wildman–Crippen LogP) is 6.02. The van der Waals surface area contributed by atoms with Crippen LogP contribution in [0.4, 0.5) is 5.69 Å². The van der Waals surface area contributed by atoms with Gasteiger partial charge in [-0.15, -0.1) is 0 Å². The van der Waals surface area contributed by atoms with Gasteiger partial charge in [-0.25, -0.2) is 0 Å². The van der Waals surface area contributed by atoms with Crippen LogP contribution in [-0.4, -0.2) is 41.2 Å². The molecule has 0 aliphatic rings. The Balaban J connectivity index is 2.79. The monoisotopic (exact) mass is 500 g/mol. The number of hydrogen-bond donors (Lipinski definition) is 0. The van der Waals surface area contributed by atoms with Gasteiger partial charge in [0.25, 0.3) is 0 Å². The molecule has 0 amide bonds. The Morgan fingerprint density at radius 3 is 2.23 bits per heavy atom. The van der Waals surface area contributed by atoms with Crippen LogP contribution in [0.25, 0.3) is 0 Å². The summed E-state index contributed by atoms with van der Waals surface area (Å²) in [7, 11) is 12.6. The molecular formula is C19H29ClN4SSn. The zero-order valence-corrected chi connectivity index (χ0v) is 20.6. The first-order chi connectivity index (χ1) is 12.4. The quantitative estimate of drug-likeness (QED) is 0.171. The Kier molecular flexibility index (Phi) is 11.3. The number of nitrogens with zero attached hydrogens (tertiary/aromatic N) is 4. The van der Waals surface area contributed by atoms with Crippen molar-refractivity contribution in [3.8, 4) is 6.07 Å². The third kappa shape index (κ3) is 8.79. The molecule has 7 heteroatoms. The van der Waals surface area contributed by atoms with E-state index >= 15 is 0 Å². The van der Waals surface area contributed by atoms with E-state index in [0.29, 0.717) is 5.04 Å². The van der Waals surface area contributed by atoms with Crippen molar-refractivity contribution >= 4 is 50.7 Å². The minimum atomic E-state index is -2.89. The molecule has 0 atom stereocenters. The van der Waals surface area contributed by atoms with Gasteiger partial charge in [0.05, 0.1) is 0 Å². The molecule has 0 fully saturated rings. The Labute approximate surface area is 168 Å². The number of benzene rings is 1. The fraction of sp³-hybridized carbons (Fsp3) is 0.526. The maximum atomic E-state index is 9.43. The van der Waals surface area contributed by atoms with Gasteiger partial charge in [0.1, 0.15) is 0 Å². The second kappa shape index (κ2) is 12.6. The van der Waals surface area contributed by atoms with Crippen molar-refractivity contribution in [2.45, 2.75) is 48.4 Å². The van der Waals surface area contributed by atoms with E-state index in [4.69, 9.17) is 8.92 Å². The third-order valence-corrected chi connectivity index (χ3v) is 22.6. The molecule has 26 heavy (non-hydrogen) atoms. The third-order valence-electron chi connectivity index (χ3n) is 3.95. The summed E-state index contributed by atoms with van der Waals surface area (Å²) in [6.07, 6.45) is 6.23. The first-order valence-electron chi connectivity index (χ1n) is 9.10. The topological polar surface area (TPSA) is 51.8 Å². The van der Waals surface area contributed by atoms with Crippen LogP contribution >= 0.6 is 17.9 Å². The van der Waals surface area contributed by atoms with E-state index in [1.807, 2.05) is 43.3 Å². The van der Waals surface area contributed by atoms with Crippen LogP contribution in [0, 0.1) is 11.3 Å². The van der Waals surface area contributed by atoms with E-state index in [1.54, 1.807) is 15.2 Å². The Bertz CT molecular complexity index is 630. The predicted molar refractivity (Wildman–Crippen MR) is 120 cm³/mol. The van der Waals surface area contributed by atoms with Gasteiger partial charge in [-0.05, 0) is 0 Å². The molecule has 0 aromatic heterocycles. The molecule has 0 spiro atoms. The number of halogens is 1. The van der Waals surface area contributed by atoms with E-state index in [2.05, 4.69) is 30.1 Å². The number of anilines is 1. The van der Waals surface area contributed by atoms with E-state index in [0.717, 1.165) is 45.8 Å². The summed E-state index contributed by atoms with van der Waals surface area (Å²) in [5.74, 6) is 0. The molecule has 0 heterocycles. The van der Waals surface area contributed by atoms with E-state index in [-0.39, 0.29) is 0 Å². The fourth-order valence-corrected chi connectivity index (χ4v) is 19.4. The summed E-state index contributed by atoms with van der Waals surface area (Å²) >= 11 is -2.89. The average Bonchev–Trinajstić information content (AvgIpc) is 2.64. The van der Waals surface area contributed by atoms with Crippen LogP contribution in [0.2, 0.25) is 8.87 Å². The molecule has 0 bridgehead atoms. The van der Waals surface area contributed by atoms with E-state index in [9.17, 15) is 5.26 Å². The number of hydrogen-bond acceptors (Lipinski definition) is 5. The second-order valence-corrected chi connectivity index (χ2v) is 28.3. The van der Waals surface area contributed by atoms with Crippen LogP contribution in [0.5, 0.6) is 0 Å². The van der Waals surface area contributed by atoms with Gasteiger partial charge in [-0.1, -0.05) is 0 Å². The molecule has 0 aliphatic heterocycles. The molecular weight excluding hydrogens is 470 g/mol. The molecule has 0 unspecified atom stereocenters. The first-order valence-corrected chi connectivity index (χ1v) is 21.1. The normalized spacial score (nSPS) is 12.4. The maximum absolute atomic E-state index is 9.43. The standard InChI is InChI=1S/C11H12N4S.2C4H9.ClH.Sn/c1-15(2)10-5-3-9(4-6-10)8-13-14-11(16)7-12;2*1-3-4-2;;/h3-6,8H,1-2H3,(H,14,16);2*1,3-4H2,2H3;1H;/q;;;;+2/p-2. The Morgan fingerprint density at radius 2 is 1.77 bits per heavy atom. The Hall–Kier alpha value is -0.711. The van der Waals surface area contributed by atoms with Crippen molar-refractivity contribution in [1.82, 2.24) is 0 Å². The summed E-state index contributed by atoms with van der Waals surface area (Å²) in [4.78, 5) is 2.04. The summed E-state index contributed by atoms with van der Waals surface area (Å²) in [5.41, 5.74) is 2.09. The van der Waals surface area contributed by atoms with E-state index < -0.39 is 15.9 Å². The van der Waals surface area contributed by atoms with Crippen molar-refractivity contribution in [2.24, 2.45) is 10.2 Å². The van der Waals surface area contributed by atoms with Gasteiger partial charge in [0, 0.05) is 0 Å². The first kappa shape index (κ1) is 23.3. The Morgan fingerprint density at radius 1 is 1.19 bits per heavy atom. The van der Waals surface area contributed by atoms with Crippen LogP contribution in [-0.2, 0) is 0 Å². The number of rotatable bonds is 10. The van der Waals surface area contributed by atoms with Crippen LogP contribution in [0.15, 0.2) is 34.5 Å². The second-order valence-electron chi connectivity index (χ2n) is 6.44. The number of nitriles is 1. The van der Waals surface area contributed by atoms with Gasteiger partial charge in [-0.3, -0.25) is 0 Å². The fourth-order valence-electron chi connectivity index (χ4n) is 2.35. The van der Waals surface area contributed by atoms with Crippen molar-refractivity contribution < 1.29 is 0 Å².